The van der Waals surface area contributed by atoms with Crippen molar-refractivity contribution in [2.75, 3.05) is 39.4 Å². The fraction of sp³-hybridized carbons (Fsp3) is 1.00. The lowest BCUT2D eigenvalue weighted by molar-refractivity contribution is 0.0344. The van der Waals surface area contributed by atoms with Crippen LogP contribution in [0.4, 0.5) is 0 Å². The summed E-state index contributed by atoms with van der Waals surface area (Å²) in [5.74, 6) is 0. The van der Waals surface area contributed by atoms with Gasteiger partial charge in [-0.2, -0.15) is 0 Å². The van der Waals surface area contributed by atoms with Crippen molar-refractivity contribution in [2.45, 2.75) is 18.9 Å². The average molecular weight is 170 g/mol. The van der Waals surface area contributed by atoms with E-state index in [0.29, 0.717) is 0 Å². The van der Waals surface area contributed by atoms with Gasteiger partial charge in [-0.3, -0.25) is 4.90 Å². The molecule has 2 aliphatic rings. The molecular weight excluding hydrogens is 152 g/mol. The van der Waals surface area contributed by atoms with Crippen LogP contribution in [0.5, 0.6) is 0 Å². The summed E-state index contributed by atoms with van der Waals surface area (Å²) >= 11 is 0. The van der Waals surface area contributed by atoms with Crippen LogP contribution in [0.15, 0.2) is 0 Å². The van der Waals surface area contributed by atoms with Crippen molar-refractivity contribution in [2.24, 2.45) is 0 Å². The van der Waals surface area contributed by atoms with Crippen LogP contribution in [0.2, 0.25) is 0 Å². The maximum absolute atomic E-state index is 5.30. The predicted octanol–water partition coefficient (Wildman–Crippen LogP) is 0.0706. The van der Waals surface area contributed by atoms with Crippen molar-refractivity contribution in [3.63, 3.8) is 0 Å². The largest absolute Gasteiger partial charge is 0.379 e. The Kier molecular flexibility index (Phi) is 2.98. The molecule has 0 aromatic rings. The third kappa shape index (κ3) is 2.19. The Balaban J connectivity index is 1.69. The number of morpholine rings is 1. The van der Waals surface area contributed by atoms with Gasteiger partial charge in [-0.05, 0) is 19.4 Å². The minimum absolute atomic E-state index is 0.753. The number of hydrogen-bond acceptors (Lipinski definition) is 3. The molecule has 1 atom stereocenters. The van der Waals surface area contributed by atoms with Crippen LogP contribution < -0.4 is 5.32 Å². The summed E-state index contributed by atoms with van der Waals surface area (Å²) < 4.78 is 5.30. The fourth-order valence-electron chi connectivity index (χ4n) is 2.01. The SMILES string of the molecule is C1CN[C@@H](CN2CCOCC2)C1. The second-order valence-electron chi connectivity index (χ2n) is 3.71. The highest BCUT2D eigenvalue weighted by atomic mass is 16.5. The van der Waals surface area contributed by atoms with Gasteiger partial charge in [0.25, 0.3) is 0 Å². The van der Waals surface area contributed by atoms with Gasteiger partial charge in [-0.15, -0.1) is 0 Å². The van der Waals surface area contributed by atoms with E-state index in [1.165, 1.54) is 25.9 Å². The molecule has 0 saturated carbocycles. The normalized spacial score (nSPS) is 32.5. The molecule has 1 N–H and O–H groups in total. The zero-order valence-electron chi connectivity index (χ0n) is 7.59. The van der Waals surface area contributed by atoms with Crippen LogP contribution >= 0.6 is 0 Å². The Morgan fingerprint density at radius 1 is 1.33 bits per heavy atom. The fourth-order valence-corrected chi connectivity index (χ4v) is 2.01. The first-order valence-electron chi connectivity index (χ1n) is 4.98. The molecule has 2 heterocycles. The highest BCUT2D eigenvalue weighted by Gasteiger charge is 2.18. The number of hydrogen-bond donors (Lipinski definition) is 1. The van der Waals surface area contributed by atoms with Crippen molar-refractivity contribution in [3.05, 3.63) is 0 Å². The van der Waals surface area contributed by atoms with Crippen LogP contribution in [0.25, 0.3) is 0 Å². The summed E-state index contributed by atoms with van der Waals surface area (Å²) in [6.07, 6.45) is 2.71. The van der Waals surface area contributed by atoms with E-state index in [1.807, 2.05) is 0 Å². The Morgan fingerprint density at radius 3 is 2.83 bits per heavy atom. The number of ether oxygens (including phenoxy) is 1. The highest BCUT2D eigenvalue weighted by Crippen LogP contribution is 2.07. The molecule has 70 valence electrons. The summed E-state index contributed by atoms with van der Waals surface area (Å²) in [5, 5.41) is 3.52. The molecule has 12 heavy (non-hydrogen) atoms. The second-order valence-corrected chi connectivity index (χ2v) is 3.71. The first kappa shape index (κ1) is 8.48. The predicted molar refractivity (Wildman–Crippen MR) is 48.3 cm³/mol. The Hall–Kier alpha value is -0.120. The Labute approximate surface area is 74.1 Å². The van der Waals surface area contributed by atoms with Gasteiger partial charge in [0.15, 0.2) is 0 Å². The Bertz CT molecular complexity index is 128. The van der Waals surface area contributed by atoms with E-state index in [-0.39, 0.29) is 0 Å². The molecular formula is C9H18N2O. The van der Waals surface area contributed by atoms with Crippen LogP contribution in [-0.2, 0) is 4.74 Å². The maximum atomic E-state index is 5.30. The van der Waals surface area contributed by atoms with E-state index >= 15 is 0 Å². The smallest absolute Gasteiger partial charge is 0.0594 e. The van der Waals surface area contributed by atoms with Gasteiger partial charge in [-0.1, -0.05) is 0 Å². The van der Waals surface area contributed by atoms with Crippen LogP contribution in [0, 0.1) is 0 Å². The number of rotatable bonds is 2. The zero-order chi connectivity index (χ0) is 8.23. The third-order valence-electron chi connectivity index (χ3n) is 2.74. The molecule has 2 saturated heterocycles. The molecule has 2 fully saturated rings. The summed E-state index contributed by atoms with van der Waals surface area (Å²) in [4.78, 5) is 2.51. The lowest BCUT2D eigenvalue weighted by atomic mass is 10.2. The first-order chi connectivity index (χ1) is 5.95. The Morgan fingerprint density at radius 2 is 2.17 bits per heavy atom. The van der Waals surface area contributed by atoms with E-state index in [1.54, 1.807) is 0 Å². The van der Waals surface area contributed by atoms with Gasteiger partial charge in [0.2, 0.25) is 0 Å². The number of nitrogens with one attached hydrogen (secondary N) is 1. The standard InChI is InChI=1S/C9H18N2O/c1-2-9(10-3-1)8-11-4-6-12-7-5-11/h9-10H,1-8H2/t9-/m1/s1. The molecule has 3 heteroatoms. The van der Waals surface area contributed by atoms with Crippen molar-refractivity contribution < 1.29 is 4.74 Å². The lowest BCUT2D eigenvalue weighted by Crippen LogP contribution is -2.43. The van der Waals surface area contributed by atoms with E-state index < -0.39 is 0 Å². The lowest BCUT2D eigenvalue weighted by Gasteiger charge is -2.28. The van der Waals surface area contributed by atoms with Gasteiger partial charge in [0.1, 0.15) is 0 Å². The van der Waals surface area contributed by atoms with Gasteiger partial charge < -0.3 is 10.1 Å². The van der Waals surface area contributed by atoms with E-state index in [0.717, 1.165) is 32.3 Å². The molecule has 0 amide bonds. The molecule has 3 nitrogen and oxygen atoms in total. The van der Waals surface area contributed by atoms with Crippen molar-refractivity contribution in [1.82, 2.24) is 10.2 Å². The van der Waals surface area contributed by atoms with Crippen molar-refractivity contribution in [3.8, 4) is 0 Å². The molecule has 0 spiro atoms. The molecule has 0 unspecified atom stereocenters. The van der Waals surface area contributed by atoms with Crippen LogP contribution in [0.1, 0.15) is 12.8 Å². The molecule has 0 aromatic carbocycles. The zero-order valence-corrected chi connectivity index (χ0v) is 7.59. The highest BCUT2D eigenvalue weighted by molar-refractivity contribution is 4.78. The maximum Gasteiger partial charge on any atom is 0.0594 e. The van der Waals surface area contributed by atoms with Crippen LogP contribution in [-0.4, -0.2) is 50.3 Å². The average Bonchev–Trinajstić information content (AvgIpc) is 2.59. The minimum atomic E-state index is 0.753. The minimum Gasteiger partial charge on any atom is -0.379 e. The van der Waals surface area contributed by atoms with Crippen molar-refractivity contribution in [1.29, 1.82) is 0 Å². The summed E-state index contributed by atoms with van der Waals surface area (Å²) in [7, 11) is 0. The summed E-state index contributed by atoms with van der Waals surface area (Å²) in [6, 6.07) is 0.753. The molecule has 0 radical (unpaired) electrons. The summed E-state index contributed by atoms with van der Waals surface area (Å²) in [5.41, 5.74) is 0. The topological polar surface area (TPSA) is 24.5 Å². The van der Waals surface area contributed by atoms with Gasteiger partial charge >= 0.3 is 0 Å². The molecule has 0 aliphatic carbocycles. The number of nitrogens with zero attached hydrogens (tertiary/aromatic N) is 1. The molecule has 2 rings (SSSR count). The van der Waals surface area contributed by atoms with Gasteiger partial charge in [-0.25, -0.2) is 0 Å². The molecule has 2 aliphatic heterocycles. The van der Waals surface area contributed by atoms with E-state index in [9.17, 15) is 0 Å². The van der Waals surface area contributed by atoms with Gasteiger partial charge in [0, 0.05) is 25.7 Å². The molecule has 0 bridgehead atoms. The first-order valence-corrected chi connectivity index (χ1v) is 4.98. The van der Waals surface area contributed by atoms with Crippen LogP contribution in [0.3, 0.4) is 0 Å². The second kappa shape index (κ2) is 4.21. The van der Waals surface area contributed by atoms with Crippen molar-refractivity contribution >= 4 is 0 Å². The quantitative estimate of drug-likeness (QED) is 0.635. The van der Waals surface area contributed by atoms with E-state index in [2.05, 4.69) is 10.2 Å². The van der Waals surface area contributed by atoms with Gasteiger partial charge in [0.05, 0.1) is 13.2 Å². The summed E-state index contributed by atoms with van der Waals surface area (Å²) in [6.45, 7) is 6.54. The third-order valence-corrected chi connectivity index (χ3v) is 2.74. The monoisotopic (exact) mass is 170 g/mol. The molecule has 0 aromatic heterocycles. The van der Waals surface area contributed by atoms with E-state index in [4.69, 9.17) is 4.74 Å².